The van der Waals surface area contributed by atoms with Crippen LogP contribution >= 0.6 is 46.4 Å². The van der Waals surface area contributed by atoms with E-state index in [0.717, 1.165) is 0 Å². The van der Waals surface area contributed by atoms with Gasteiger partial charge in [-0.05, 0) is 43.5 Å². The summed E-state index contributed by atoms with van der Waals surface area (Å²) in [5, 5.41) is 8.07. The van der Waals surface area contributed by atoms with Crippen molar-refractivity contribution in [2.24, 2.45) is 11.0 Å². The Balaban J connectivity index is 2.03. The molecule has 0 aliphatic heterocycles. The second-order valence-corrected chi connectivity index (χ2v) is 9.03. The minimum Gasteiger partial charge on any atom is -0.479 e. The van der Waals surface area contributed by atoms with Gasteiger partial charge in [-0.3, -0.25) is 9.59 Å². The quantitative estimate of drug-likeness (QED) is 0.327. The Labute approximate surface area is 207 Å². The summed E-state index contributed by atoms with van der Waals surface area (Å²) >= 11 is 24.0. The number of halogens is 4. The highest BCUT2D eigenvalue weighted by atomic mass is 35.5. The van der Waals surface area contributed by atoms with Crippen LogP contribution in [0, 0.1) is 5.92 Å². The summed E-state index contributed by atoms with van der Waals surface area (Å²) in [6.45, 7) is 5.44. The lowest BCUT2D eigenvalue weighted by molar-refractivity contribution is -0.132. The van der Waals surface area contributed by atoms with E-state index in [1.807, 2.05) is 13.8 Å². The molecule has 10 heteroatoms. The lowest BCUT2D eigenvalue weighted by Crippen LogP contribution is -2.49. The van der Waals surface area contributed by atoms with Crippen LogP contribution in [0.3, 0.4) is 0 Å². The Kier molecular flexibility index (Phi) is 10.1. The van der Waals surface area contributed by atoms with Crippen molar-refractivity contribution in [1.82, 2.24) is 10.7 Å². The maximum absolute atomic E-state index is 12.7. The highest BCUT2D eigenvalue weighted by molar-refractivity contribution is 6.43. The molecule has 0 fully saturated rings. The summed E-state index contributed by atoms with van der Waals surface area (Å²) in [6, 6.07) is 8.94. The molecular weight excluding hydrogens is 496 g/mol. The van der Waals surface area contributed by atoms with Gasteiger partial charge in [0.25, 0.3) is 11.8 Å². The van der Waals surface area contributed by atoms with Crippen molar-refractivity contribution in [2.45, 2.75) is 39.3 Å². The molecule has 0 radical (unpaired) electrons. The summed E-state index contributed by atoms with van der Waals surface area (Å²) in [5.41, 5.74) is 2.98. The topological polar surface area (TPSA) is 79.8 Å². The van der Waals surface area contributed by atoms with Gasteiger partial charge < -0.3 is 10.1 Å². The Bertz CT molecular complexity index is 998. The first-order valence-corrected chi connectivity index (χ1v) is 11.3. The Hall–Kier alpha value is -1.99. The number of ether oxygens (including phenoxy) is 1. The number of nitrogens with zero attached hydrogens (tertiary/aromatic N) is 1. The third-order valence-electron chi connectivity index (χ3n) is 4.27. The third kappa shape index (κ3) is 7.85. The van der Waals surface area contributed by atoms with E-state index in [2.05, 4.69) is 15.8 Å². The average Bonchev–Trinajstić information content (AvgIpc) is 2.72. The number of rotatable bonds is 9. The largest absolute Gasteiger partial charge is 0.479 e. The van der Waals surface area contributed by atoms with Gasteiger partial charge in [0.15, 0.2) is 6.10 Å². The van der Waals surface area contributed by atoms with E-state index in [-0.39, 0.29) is 10.9 Å². The van der Waals surface area contributed by atoms with Crippen LogP contribution in [0.1, 0.15) is 32.8 Å². The van der Waals surface area contributed by atoms with Crippen molar-refractivity contribution in [1.29, 1.82) is 0 Å². The lowest BCUT2D eigenvalue weighted by atomic mass is 10.0. The van der Waals surface area contributed by atoms with Crippen molar-refractivity contribution in [3.05, 3.63) is 62.1 Å². The molecule has 2 N–H and O–H groups in total. The van der Waals surface area contributed by atoms with Crippen LogP contribution in [-0.4, -0.2) is 30.2 Å². The monoisotopic (exact) mass is 517 g/mol. The van der Waals surface area contributed by atoms with Crippen LogP contribution in [-0.2, 0) is 9.59 Å². The van der Waals surface area contributed by atoms with Crippen LogP contribution in [0.15, 0.2) is 41.5 Å². The molecule has 6 nitrogen and oxygen atoms in total. The zero-order chi connectivity index (χ0) is 23.8. The van der Waals surface area contributed by atoms with Crippen LogP contribution in [0.25, 0.3) is 0 Å². The molecule has 172 valence electrons. The number of nitrogens with one attached hydrogen (secondary N) is 2. The van der Waals surface area contributed by atoms with Crippen molar-refractivity contribution in [2.75, 3.05) is 0 Å². The molecule has 2 rings (SSSR count). The third-order valence-corrected chi connectivity index (χ3v) is 5.63. The van der Waals surface area contributed by atoms with E-state index < -0.39 is 24.0 Å². The molecule has 2 aromatic rings. The maximum Gasteiger partial charge on any atom is 0.262 e. The molecule has 0 aliphatic carbocycles. The second kappa shape index (κ2) is 12.3. The van der Waals surface area contributed by atoms with E-state index in [4.69, 9.17) is 51.1 Å². The predicted molar refractivity (Wildman–Crippen MR) is 130 cm³/mol. The molecule has 0 unspecified atom stereocenters. The first-order chi connectivity index (χ1) is 15.1. The normalized spacial score (nSPS) is 13.1. The number of carbonyl (C=O) groups is 2. The van der Waals surface area contributed by atoms with Crippen LogP contribution in [0.2, 0.25) is 20.1 Å². The Morgan fingerprint density at radius 1 is 1.03 bits per heavy atom. The maximum atomic E-state index is 12.7. The molecule has 0 spiro atoms. The fraction of sp³-hybridized carbons (Fsp3) is 0.318. The fourth-order valence-electron chi connectivity index (χ4n) is 2.67. The van der Waals surface area contributed by atoms with Crippen LogP contribution in [0.4, 0.5) is 0 Å². The molecule has 2 atom stereocenters. The first kappa shape index (κ1) is 26.3. The van der Waals surface area contributed by atoms with Gasteiger partial charge in [0.05, 0.1) is 21.3 Å². The van der Waals surface area contributed by atoms with E-state index in [1.165, 1.54) is 12.3 Å². The fourth-order valence-corrected chi connectivity index (χ4v) is 3.48. The Morgan fingerprint density at radius 2 is 1.75 bits per heavy atom. The van der Waals surface area contributed by atoms with E-state index in [9.17, 15) is 9.59 Å². The Morgan fingerprint density at radius 3 is 2.41 bits per heavy atom. The number of benzene rings is 2. The molecule has 0 bridgehead atoms. The number of hydrogen-bond acceptors (Lipinski definition) is 4. The van der Waals surface area contributed by atoms with Gasteiger partial charge in [-0.2, -0.15) is 5.10 Å². The highest BCUT2D eigenvalue weighted by Crippen LogP contribution is 2.28. The number of hydrogen-bond donors (Lipinski definition) is 2. The molecule has 32 heavy (non-hydrogen) atoms. The van der Waals surface area contributed by atoms with Gasteiger partial charge >= 0.3 is 0 Å². The van der Waals surface area contributed by atoms with Crippen LogP contribution in [0.5, 0.6) is 5.75 Å². The zero-order valence-electron chi connectivity index (χ0n) is 17.7. The summed E-state index contributed by atoms with van der Waals surface area (Å²) in [6.07, 6.45) is 0.888. The summed E-state index contributed by atoms with van der Waals surface area (Å²) in [4.78, 5) is 25.3. The zero-order valence-corrected chi connectivity index (χ0v) is 20.7. The van der Waals surface area contributed by atoms with Crippen molar-refractivity contribution in [3.63, 3.8) is 0 Å². The van der Waals surface area contributed by atoms with Crippen molar-refractivity contribution >= 4 is 64.4 Å². The first-order valence-electron chi connectivity index (χ1n) is 9.77. The molecular formula is C22H23Cl4N3O3. The van der Waals surface area contributed by atoms with Crippen molar-refractivity contribution < 1.29 is 14.3 Å². The molecule has 0 aromatic heterocycles. The van der Waals surface area contributed by atoms with Gasteiger partial charge in [-0.25, -0.2) is 5.43 Å². The smallest absolute Gasteiger partial charge is 0.262 e. The van der Waals surface area contributed by atoms with Gasteiger partial charge in [-0.15, -0.1) is 0 Å². The van der Waals surface area contributed by atoms with Gasteiger partial charge in [-0.1, -0.05) is 72.4 Å². The molecule has 0 aliphatic rings. The lowest BCUT2D eigenvalue weighted by Gasteiger charge is -2.22. The number of carbonyl (C=O) groups excluding carboxylic acids is 2. The summed E-state index contributed by atoms with van der Waals surface area (Å²) < 4.78 is 5.62. The minimum atomic E-state index is -0.898. The predicted octanol–water partition coefficient (Wildman–Crippen LogP) is 5.75. The van der Waals surface area contributed by atoms with E-state index >= 15 is 0 Å². The second-order valence-electron chi connectivity index (χ2n) is 7.40. The standard InChI is InChI=1S/C22H23Cl4N3O3/c1-12(2)9-18(22(31)29-27-11-14-5-4-6-16(24)20(14)26)28-21(30)13(3)32-19-8-7-15(23)10-17(19)25/h4-8,10-13,18H,9H2,1-3H3,(H,28,30)(H,29,31)/b27-11-/t13-,18+/m1/s1. The highest BCUT2D eigenvalue weighted by Gasteiger charge is 2.25. The van der Waals surface area contributed by atoms with Gasteiger partial charge in [0.1, 0.15) is 11.8 Å². The minimum absolute atomic E-state index is 0.138. The van der Waals surface area contributed by atoms with Gasteiger partial charge in [0.2, 0.25) is 0 Å². The molecule has 0 saturated carbocycles. The number of amides is 2. The number of hydrazone groups is 1. The summed E-state index contributed by atoms with van der Waals surface area (Å²) in [5.74, 6) is -0.497. The average molecular weight is 519 g/mol. The summed E-state index contributed by atoms with van der Waals surface area (Å²) in [7, 11) is 0. The van der Waals surface area contributed by atoms with Crippen molar-refractivity contribution in [3.8, 4) is 5.75 Å². The SMILES string of the molecule is CC(C)C[C@H](NC(=O)[C@@H](C)Oc1ccc(Cl)cc1Cl)C(=O)N/N=C\c1cccc(Cl)c1Cl. The molecule has 0 saturated heterocycles. The van der Waals surface area contributed by atoms with Gasteiger partial charge in [0, 0.05) is 10.6 Å². The van der Waals surface area contributed by atoms with E-state index in [0.29, 0.717) is 32.8 Å². The molecule has 0 heterocycles. The van der Waals surface area contributed by atoms with Crippen LogP contribution < -0.4 is 15.5 Å². The molecule has 2 aromatic carbocycles. The molecule has 2 amide bonds. The van der Waals surface area contributed by atoms with E-state index in [1.54, 1.807) is 37.3 Å².